The topological polar surface area (TPSA) is 78.5 Å². The lowest BCUT2D eigenvalue weighted by Gasteiger charge is -2.21. The van der Waals surface area contributed by atoms with E-state index in [0.717, 1.165) is 25.2 Å². The van der Waals surface area contributed by atoms with Crippen molar-refractivity contribution in [2.24, 2.45) is 5.92 Å². The number of hydrogen-bond acceptors (Lipinski definition) is 4. The number of carbonyl (C=O) groups is 3. The molecule has 6 nitrogen and oxygen atoms in total. The molecule has 0 saturated carbocycles. The molecule has 27 heavy (non-hydrogen) atoms. The number of piperidine rings is 1. The van der Waals surface area contributed by atoms with Crippen molar-refractivity contribution in [2.45, 2.75) is 59.0 Å². The molecule has 2 N–H and O–H groups in total. The van der Waals surface area contributed by atoms with Crippen LogP contribution < -0.4 is 10.6 Å². The molecule has 1 saturated heterocycles. The first-order valence-electron chi connectivity index (χ1n) is 9.89. The van der Waals surface area contributed by atoms with Crippen molar-refractivity contribution >= 4 is 17.7 Å². The van der Waals surface area contributed by atoms with Crippen LogP contribution in [0.25, 0.3) is 0 Å². The van der Waals surface area contributed by atoms with Crippen molar-refractivity contribution in [1.29, 1.82) is 0 Å². The summed E-state index contributed by atoms with van der Waals surface area (Å²) in [5, 5.41) is 5.18. The number of rotatable bonds is 10. The summed E-state index contributed by atoms with van der Waals surface area (Å²) in [6, 6.07) is 8.27. The third kappa shape index (κ3) is 7.51. The van der Waals surface area contributed by atoms with Crippen molar-refractivity contribution < 1.29 is 14.4 Å². The van der Waals surface area contributed by atoms with E-state index in [0.29, 0.717) is 6.54 Å². The Kier molecular flexibility index (Phi) is 8.45. The van der Waals surface area contributed by atoms with E-state index in [4.69, 9.17) is 0 Å². The monoisotopic (exact) mass is 373 g/mol. The number of benzene rings is 1. The number of carbonyl (C=O) groups excluding carboxylic acids is 3. The van der Waals surface area contributed by atoms with Crippen LogP contribution >= 0.6 is 0 Å². The highest BCUT2D eigenvalue weighted by atomic mass is 16.2. The lowest BCUT2D eigenvalue weighted by Crippen LogP contribution is -2.40. The van der Waals surface area contributed by atoms with Gasteiger partial charge in [0, 0.05) is 32.4 Å². The Hall–Kier alpha value is -2.21. The summed E-state index contributed by atoms with van der Waals surface area (Å²) in [6.07, 6.45) is 3.07. The molecule has 1 aliphatic heterocycles. The van der Waals surface area contributed by atoms with Gasteiger partial charge in [0.1, 0.15) is 0 Å². The maximum atomic E-state index is 12.2. The SMILES string of the molecule is CCCCN(CC)Cc1cccc(CNC(=O)CC2CC(=O)NC(=O)C2)c1. The van der Waals surface area contributed by atoms with Gasteiger partial charge < -0.3 is 5.32 Å². The van der Waals surface area contributed by atoms with Crippen LogP contribution in [0.3, 0.4) is 0 Å². The van der Waals surface area contributed by atoms with Gasteiger partial charge in [0.2, 0.25) is 17.7 Å². The maximum absolute atomic E-state index is 12.2. The minimum Gasteiger partial charge on any atom is -0.352 e. The van der Waals surface area contributed by atoms with Crippen LogP contribution in [-0.4, -0.2) is 35.7 Å². The van der Waals surface area contributed by atoms with E-state index in [2.05, 4.69) is 41.5 Å². The third-order valence-electron chi connectivity index (χ3n) is 4.86. The minimum atomic E-state index is -0.291. The van der Waals surface area contributed by atoms with Crippen LogP contribution in [0.1, 0.15) is 57.1 Å². The molecule has 1 fully saturated rings. The van der Waals surface area contributed by atoms with Crippen LogP contribution in [0.5, 0.6) is 0 Å². The van der Waals surface area contributed by atoms with Crippen LogP contribution in [0.15, 0.2) is 24.3 Å². The molecule has 0 aliphatic carbocycles. The van der Waals surface area contributed by atoms with Gasteiger partial charge in [-0.15, -0.1) is 0 Å². The summed E-state index contributed by atoms with van der Waals surface area (Å²) in [4.78, 5) is 37.4. The van der Waals surface area contributed by atoms with E-state index < -0.39 is 0 Å². The van der Waals surface area contributed by atoms with Gasteiger partial charge in [-0.1, -0.05) is 44.5 Å². The van der Waals surface area contributed by atoms with Gasteiger partial charge in [-0.05, 0) is 36.6 Å². The van der Waals surface area contributed by atoms with Gasteiger partial charge in [0.25, 0.3) is 0 Å². The Balaban J connectivity index is 1.82. The van der Waals surface area contributed by atoms with Crippen molar-refractivity contribution in [3.8, 4) is 0 Å². The number of amides is 3. The Morgan fingerprint density at radius 3 is 2.56 bits per heavy atom. The average molecular weight is 373 g/mol. The van der Waals surface area contributed by atoms with Crippen LogP contribution in [0.4, 0.5) is 0 Å². The summed E-state index contributed by atoms with van der Waals surface area (Å²) in [7, 11) is 0. The number of nitrogens with zero attached hydrogens (tertiary/aromatic N) is 1. The zero-order valence-electron chi connectivity index (χ0n) is 16.4. The van der Waals surface area contributed by atoms with Gasteiger partial charge in [-0.25, -0.2) is 0 Å². The van der Waals surface area contributed by atoms with Gasteiger partial charge in [-0.3, -0.25) is 24.6 Å². The molecule has 0 bridgehead atoms. The molecular formula is C21H31N3O3. The third-order valence-corrected chi connectivity index (χ3v) is 4.86. The van der Waals surface area contributed by atoms with Gasteiger partial charge in [0.15, 0.2) is 0 Å². The van der Waals surface area contributed by atoms with Crippen molar-refractivity contribution in [3.63, 3.8) is 0 Å². The normalized spacial score (nSPS) is 15.1. The van der Waals surface area contributed by atoms with Gasteiger partial charge >= 0.3 is 0 Å². The summed E-state index contributed by atoms with van der Waals surface area (Å²) < 4.78 is 0. The van der Waals surface area contributed by atoms with Crippen molar-refractivity contribution in [1.82, 2.24) is 15.5 Å². The molecule has 0 aromatic heterocycles. The average Bonchev–Trinajstić information content (AvgIpc) is 2.63. The smallest absolute Gasteiger partial charge is 0.226 e. The fourth-order valence-electron chi connectivity index (χ4n) is 3.36. The lowest BCUT2D eigenvalue weighted by molar-refractivity contribution is -0.135. The predicted molar refractivity (Wildman–Crippen MR) is 105 cm³/mol. The second-order valence-electron chi connectivity index (χ2n) is 7.27. The van der Waals surface area contributed by atoms with E-state index in [1.165, 1.54) is 18.4 Å². The number of hydrogen-bond donors (Lipinski definition) is 2. The summed E-state index contributed by atoms with van der Waals surface area (Å²) in [5.41, 5.74) is 2.30. The van der Waals surface area contributed by atoms with Crippen molar-refractivity contribution in [2.75, 3.05) is 13.1 Å². The molecule has 1 aliphatic rings. The Morgan fingerprint density at radius 2 is 1.89 bits per heavy atom. The van der Waals surface area contributed by atoms with Gasteiger partial charge in [-0.2, -0.15) is 0 Å². The molecule has 2 rings (SSSR count). The molecule has 0 unspecified atom stereocenters. The summed E-state index contributed by atoms with van der Waals surface area (Å²) >= 11 is 0. The molecular weight excluding hydrogens is 342 g/mol. The largest absolute Gasteiger partial charge is 0.352 e. The fourth-order valence-corrected chi connectivity index (χ4v) is 3.36. The molecule has 0 spiro atoms. The Bertz CT molecular complexity index is 644. The van der Waals surface area contributed by atoms with E-state index in [-0.39, 0.29) is 42.9 Å². The predicted octanol–water partition coefficient (Wildman–Crippen LogP) is 2.37. The van der Waals surface area contributed by atoms with E-state index in [9.17, 15) is 14.4 Å². The highest BCUT2D eigenvalue weighted by Gasteiger charge is 2.26. The molecule has 3 amide bonds. The first-order valence-corrected chi connectivity index (χ1v) is 9.89. The summed E-state index contributed by atoms with van der Waals surface area (Å²) in [5.74, 6) is -0.902. The zero-order chi connectivity index (χ0) is 19.6. The molecule has 0 atom stereocenters. The second-order valence-corrected chi connectivity index (χ2v) is 7.27. The maximum Gasteiger partial charge on any atom is 0.226 e. The molecule has 1 heterocycles. The number of imide groups is 1. The van der Waals surface area contributed by atoms with Crippen LogP contribution in [0.2, 0.25) is 0 Å². The minimum absolute atomic E-state index is 0.119. The number of unbranched alkanes of at least 4 members (excludes halogenated alkanes) is 1. The van der Waals surface area contributed by atoms with E-state index in [1.807, 2.05) is 12.1 Å². The summed E-state index contributed by atoms with van der Waals surface area (Å²) in [6.45, 7) is 7.87. The molecule has 0 radical (unpaired) electrons. The Labute approximate surface area is 161 Å². The first kappa shape index (κ1) is 21.1. The van der Waals surface area contributed by atoms with Crippen LogP contribution in [-0.2, 0) is 27.5 Å². The fraction of sp³-hybridized carbons (Fsp3) is 0.571. The second kappa shape index (κ2) is 10.8. The quantitative estimate of drug-likeness (QED) is 0.617. The Morgan fingerprint density at radius 1 is 1.19 bits per heavy atom. The highest BCUT2D eigenvalue weighted by Crippen LogP contribution is 2.17. The molecule has 6 heteroatoms. The number of nitrogens with one attached hydrogen (secondary N) is 2. The molecule has 1 aromatic carbocycles. The van der Waals surface area contributed by atoms with Crippen molar-refractivity contribution in [3.05, 3.63) is 35.4 Å². The first-order chi connectivity index (χ1) is 13.0. The lowest BCUT2D eigenvalue weighted by atomic mass is 9.93. The molecule has 1 aromatic rings. The highest BCUT2D eigenvalue weighted by molar-refractivity contribution is 5.98. The zero-order valence-corrected chi connectivity index (χ0v) is 16.4. The van der Waals surface area contributed by atoms with Gasteiger partial charge in [0.05, 0.1) is 0 Å². The molecule has 148 valence electrons. The van der Waals surface area contributed by atoms with E-state index >= 15 is 0 Å². The van der Waals surface area contributed by atoms with Crippen LogP contribution in [0, 0.1) is 5.92 Å². The van der Waals surface area contributed by atoms with E-state index in [1.54, 1.807) is 0 Å². The standard InChI is InChI=1S/C21H31N3O3/c1-3-5-9-24(4-2)15-17-8-6-7-16(10-17)14-22-19(25)11-18-12-20(26)23-21(27)13-18/h6-8,10,18H,3-5,9,11-15H2,1-2H3,(H,22,25)(H,23,26,27).